The van der Waals surface area contributed by atoms with Gasteiger partial charge in [0.05, 0.1) is 33.7 Å². The number of rotatable bonds is 2. The first kappa shape index (κ1) is 12.3. The molecule has 0 radical (unpaired) electrons. The first-order valence-corrected chi connectivity index (χ1v) is 5.83. The molecule has 0 aliphatic rings. The van der Waals surface area contributed by atoms with E-state index >= 15 is 0 Å². The van der Waals surface area contributed by atoms with Gasteiger partial charge in [-0.15, -0.1) is 0 Å². The Morgan fingerprint density at radius 3 is 2.59 bits per heavy atom. The van der Waals surface area contributed by atoms with Crippen molar-refractivity contribution < 1.29 is 0 Å². The highest BCUT2D eigenvalue weighted by Gasteiger charge is 2.15. The summed E-state index contributed by atoms with van der Waals surface area (Å²) in [5.41, 5.74) is 8.35. The first-order valence-electron chi connectivity index (χ1n) is 5.07. The highest BCUT2D eigenvalue weighted by atomic mass is 35.5. The Hall–Kier alpha value is -1.16. The zero-order valence-corrected chi connectivity index (χ0v) is 10.7. The van der Waals surface area contributed by atoms with Crippen LogP contribution in [0.1, 0.15) is 23.0 Å². The summed E-state index contributed by atoms with van der Waals surface area (Å²) in [7, 11) is 0. The zero-order chi connectivity index (χ0) is 12.4. The van der Waals surface area contributed by atoms with Gasteiger partial charge in [-0.3, -0.25) is 9.97 Å². The molecule has 1 heterocycles. The second kappa shape index (κ2) is 5.00. The van der Waals surface area contributed by atoms with E-state index in [4.69, 9.17) is 28.9 Å². The maximum atomic E-state index is 6.11. The normalized spacial score (nSPS) is 12.5. The fraction of sp³-hybridized carbons (Fsp3) is 0.167. The van der Waals surface area contributed by atoms with E-state index in [-0.39, 0.29) is 0 Å². The molecule has 3 nitrogen and oxygen atoms in total. The summed E-state index contributed by atoms with van der Waals surface area (Å²) >= 11 is 12.1. The topological polar surface area (TPSA) is 51.8 Å². The van der Waals surface area contributed by atoms with Gasteiger partial charge in [0.25, 0.3) is 0 Å². The molecule has 0 aliphatic heterocycles. The Labute approximate surface area is 110 Å². The molecule has 2 N–H and O–H groups in total. The minimum absolute atomic E-state index is 0.422. The molecule has 0 bridgehead atoms. The third kappa shape index (κ3) is 2.57. The van der Waals surface area contributed by atoms with Crippen LogP contribution in [0.25, 0.3) is 0 Å². The Bertz CT molecular complexity index is 526. The zero-order valence-electron chi connectivity index (χ0n) is 9.19. The monoisotopic (exact) mass is 267 g/mol. The highest BCUT2D eigenvalue weighted by Crippen LogP contribution is 2.30. The number of hydrogen-bond donors (Lipinski definition) is 1. The minimum atomic E-state index is -0.422. The lowest BCUT2D eigenvalue weighted by Crippen LogP contribution is -2.14. The molecule has 0 amide bonds. The Morgan fingerprint density at radius 2 is 1.94 bits per heavy atom. The van der Waals surface area contributed by atoms with Crippen molar-refractivity contribution in [3.63, 3.8) is 0 Å². The van der Waals surface area contributed by atoms with Gasteiger partial charge in [-0.05, 0) is 18.6 Å². The van der Waals surface area contributed by atoms with Crippen LogP contribution < -0.4 is 5.73 Å². The van der Waals surface area contributed by atoms with Crippen molar-refractivity contribution >= 4 is 23.2 Å². The van der Waals surface area contributed by atoms with Crippen LogP contribution in [0.4, 0.5) is 0 Å². The predicted molar refractivity (Wildman–Crippen MR) is 69.3 cm³/mol. The molecule has 0 saturated carbocycles. The van der Waals surface area contributed by atoms with Gasteiger partial charge in [0.1, 0.15) is 0 Å². The SMILES string of the molecule is Cc1cnc(C(N)c2cccc(Cl)c2Cl)cn1. The van der Waals surface area contributed by atoms with Crippen LogP contribution in [0.3, 0.4) is 0 Å². The maximum Gasteiger partial charge on any atom is 0.0800 e. The number of halogens is 2. The average molecular weight is 268 g/mol. The van der Waals surface area contributed by atoms with E-state index in [1.165, 1.54) is 0 Å². The number of nitrogens with two attached hydrogens (primary N) is 1. The first-order chi connectivity index (χ1) is 8.09. The number of hydrogen-bond acceptors (Lipinski definition) is 3. The van der Waals surface area contributed by atoms with Crippen LogP contribution in [0.5, 0.6) is 0 Å². The fourth-order valence-electron chi connectivity index (χ4n) is 1.48. The summed E-state index contributed by atoms with van der Waals surface area (Å²) in [5, 5.41) is 0.948. The van der Waals surface area contributed by atoms with Crippen LogP contribution >= 0.6 is 23.2 Å². The van der Waals surface area contributed by atoms with Gasteiger partial charge in [-0.25, -0.2) is 0 Å². The number of aryl methyl sites for hydroxylation is 1. The van der Waals surface area contributed by atoms with Crippen molar-refractivity contribution in [3.05, 3.63) is 57.6 Å². The van der Waals surface area contributed by atoms with Gasteiger partial charge in [0.2, 0.25) is 0 Å². The second-order valence-electron chi connectivity index (χ2n) is 3.70. The summed E-state index contributed by atoms with van der Waals surface area (Å²) in [6.07, 6.45) is 3.32. The van der Waals surface area contributed by atoms with E-state index < -0.39 is 6.04 Å². The fourth-order valence-corrected chi connectivity index (χ4v) is 1.91. The molecule has 2 rings (SSSR count). The van der Waals surface area contributed by atoms with Crippen molar-refractivity contribution in [3.8, 4) is 0 Å². The third-order valence-electron chi connectivity index (χ3n) is 2.44. The highest BCUT2D eigenvalue weighted by molar-refractivity contribution is 6.42. The van der Waals surface area contributed by atoms with Crippen LogP contribution in [-0.2, 0) is 0 Å². The van der Waals surface area contributed by atoms with Crippen LogP contribution in [0.2, 0.25) is 10.0 Å². The lowest BCUT2D eigenvalue weighted by atomic mass is 10.1. The Kier molecular flexibility index (Phi) is 3.62. The lowest BCUT2D eigenvalue weighted by Gasteiger charge is -2.13. The van der Waals surface area contributed by atoms with E-state index in [9.17, 15) is 0 Å². The number of benzene rings is 1. The Morgan fingerprint density at radius 1 is 1.18 bits per heavy atom. The van der Waals surface area contributed by atoms with Gasteiger partial charge in [0.15, 0.2) is 0 Å². The van der Waals surface area contributed by atoms with Crippen molar-refractivity contribution in [1.29, 1.82) is 0 Å². The van der Waals surface area contributed by atoms with Crippen molar-refractivity contribution in [1.82, 2.24) is 9.97 Å². The van der Waals surface area contributed by atoms with E-state index in [1.54, 1.807) is 18.5 Å². The molecule has 1 unspecified atom stereocenters. The molecule has 0 spiro atoms. The molecule has 5 heteroatoms. The van der Waals surface area contributed by atoms with Gasteiger partial charge in [-0.2, -0.15) is 0 Å². The standard InChI is InChI=1S/C12H11Cl2N3/c1-7-5-17-10(6-16-7)12(15)8-3-2-4-9(13)11(8)14/h2-6,12H,15H2,1H3. The molecule has 0 fully saturated rings. The van der Waals surface area contributed by atoms with Crippen LogP contribution in [-0.4, -0.2) is 9.97 Å². The van der Waals surface area contributed by atoms with E-state index in [1.807, 2.05) is 19.1 Å². The van der Waals surface area contributed by atoms with E-state index in [0.717, 1.165) is 11.3 Å². The molecule has 1 aromatic carbocycles. The summed E-state index contributed by atoms with van der Waals surface area (Å²) in [5.74, 6) is 0. The molecule has 88 valence electrons. The molecular formula is C12H11Cl2N3. The molecule has 1 aromatic heterocycles. The predicted octanol–water partition coefficient (Wildman–Crippen LogP) is 3.14. The molecule has 0 aliphatic carbocycles. The quantitative estimate of drug-likeness (QED) is 0.910. The van der Waals surface area contributed by atoms with Gasteiger partial charge < -0.3 is 5.73 Å². The van der Waals surface area contributed by atoms with Gasteiger partial charge in [-0.1, -0.05) is 35.3 Å². The van der Waals surface area contributed by atoms with Gasteiger partial charge >= 0.3 is 0 Å². The van der Waals surface area contributed by atoms with Crippen LogP contribution in [0, 0.1) is 6.92 Å². The molecule has 2 aromatic rings. The molecular weight excluding hydrogens is 257 g/mol. The molecule has 17 heavy (non-hydrogen) atoms. The number of nitrogens with zero attached hydrogens (tertiary/aromatic N) is 2. The molecule has 1 atom stereocenters. The molecule has 0 saturated heterocycles. The Balaban J connectivity index is 2.40. The smallest absolute Gasteiger partial charge is 0.0800 e. The minimum Gasteiger partial charge on any atom is -0.319 e. The lowest BCUT2D eigenvalue weighted by molar-refractivity contribution is 0.813. The summed E-state index contributed by atoms with van der Waals surface area (Å²) in [6, 6.07) is 4.95. The second-order valence-corrected chi connectivity index (χ2v) is 4.49. The van der Waals surface area contributed by atoms with Crippen molar-refractivity contribution in [2.24, 2.45) is 5.73 Å². The van der Waals surface area contributed by atoms with Crippen molar-refractivity contribution in [2.45, 2.75) is 13.0 Å². The van der Waals surface area contributed by atoms with Crippen LogP contribution in [0.15, 0.2) is 30.6 Å². The summed E-state index contributed by atoms with van der Waals surface area (Å²) < 4.78 is 0. The van der Waals surface area contributed by atoms with Crippen molar-refractivity contribution in [2.75, 3.05) is 0 Å². The maximum absolute atomic E-state index is 6.11. The van der Waals surface area contributed by atoms with Gasteiger partial charge in [0, 0.05) is 6.20 Å². The largest absolute Gasteiger partial charge is 0.319 e. The third-order valence-corrected chi connectivity index (χ3v) is 3.27. The van der Waals surface area contributed by atoms with E-state index in [2.05, 4.69) is 9.97 Å². The average Bonchev–Trinajstić information content (AvgIpc) is 2.33. The number of aromatic nitrogens is 2. The summed E-state index contributed by atoms with van der Waals surface area (Å²) in [4.78, 5) is 8.40. The summed E-state index contributed by atoms with van der Waals surface area (Å²) in [6.45, 7) is 1.87. The van der Waals surface area contributed by atoms with E-state index in [0.29, 0.717) is 15.7 Å².